The molecule has 0 aliphatic rings. The number of carbonyl (C=O) groups is 2. The number of benzene rings is 3. The topological polar surface area (TPSA) is 49.4 Å². The van der Waals surface area contributed by atoms with Crippen LogP contribution in [0.2, 0.25) is 15.1 Å². The molecule has 0 bridgehead atoms. The molecule has 0 aromatic heterocycles. The van der Waals surface area contributed by atoms with Crippen molar-refractivity contribution >= 4 is 46.6 Å². The van der Waals surface area contributed by atoms with Crippen molar-refractivity contribution in [3.63, 3.8) is 0 Å². The van der Waals surface area contributed by atoms with Crippen molar-refractivity contribution in [1.29, 1.82) is 0 Å². The number of hydrogen-bond donors (Lipinski definition) is 1. The normalized spacial score (nSPS) is 11.7. The minimum absolute atomic E-state index is 0.0527. The summed E-state index contributed by atoms with van der Waals surface area (Å²) in [6.07, 6.45) is 2.28. The third-order valence-corrected chi connectivity index (χ3v) is 6.56. The molecular formula is C28H29Cl3N2O2. The maximum Gasteiger partial charge on any atom is 0.243 e. The average Bonchev–Trinajstić information content (AvgIpc) is 2.85. The van der Waals surface area contributed by atoms with Gasteiger partial charge in [-0.05, 0) is 47.4 Å². The Morgan fingerprint density at radius 3 is 2.23 bits per heavy atom. The number of nitrogens with zero attached hydrogens (tertiary/aromatic N) is 1. The Bertz CT molecular complexity index is 1120. The lowest BCUT2D eigenvalue weighted by molar-refractivity contribution is -0.140. The van der Waals surface area contributed by atoms with Crippen LogP contribution in [0.1, 0.15) is 36.5 Å². The Labute approximate surface area is 222 Å². The van der Waals surface area contributed by atoms with Gasteiger partial charge < -0.3 is 10.2 Å². The first kappa shape index (κ1) is 27.1. The Balaban J connectivity index is 1.95. The molecule has 4 nitrogen and oxygen atoms in total. The molecule has 7 heteroatoms. The highest BCUT2D eigenvalue weighted by atomic mass is 35.5. The summed E-state index contributed by atoms with van der Waals surface area (Å²) in [4.78, 5) is 28.8. The van der Waals surface area contributed by atoms with Gasteiger partial charge in [-0.25, -0.2) is 0 Å². The summed E-state index contributed by atoms with van der Waals surface area (Å²) in [5.74, 6) is -0.373. The van der Waals surface area contributed by atoms with Crippen LogP contribution in [0.4, 0.5) is 0 Å². The number of hydrogen-bond acceptors (Lipinski definition) is 2. The van der Waals surface area contributed by atoms with Crippen molar-refractivity contribution in [3.05, 3.63) is 105 Å². The molecule has 0 saturated carbocycles. The van der Waals surface area contributed by atoms with Crippen molar-refractivity contribution in [2.45, 2.75) is 45.2 Å². The van der Waals surface area contributed by atoms with E-state index in [1.165, 1.54) is 0 Å². The predicted octanol–water partition coefficient (Wildman–Crippen LogP) is 6.75. The monoisotopic (exact) mass is 530 g/mol. The van der Waals surface area contributed by atoms with Crippen LogP contribution in [-0.4, -0.2) is 29.3 Å². The predicted molar refractivity (Wildman–Crippen MR) is 144 cm³/mol. The molecule has 0 heterocycles. The quantitative estimate of drug-likeness (QED) is 0.278. The Morgan fingerprint density at radius 1 is 0.886 bits per heavy atom. The molecule has 35 heavy (non-hydrogen) atoms. The van der Waals surface area contributed by atoms with Gasteiger partial charge in [0.15, 0.2) is 0 Å². The van der Waals surface area contributed by atoms with Crippen LogP contribution in [-0.2, 0) is 29.0 Å². The number of halogens is 3. The van der Waals surface area contributed by atoms with Gasteiger partial charge in [0.1, 0.15) is 6.04 Å². The van der Waals surface area contributed by atoms with E-state index in [1.807, 2.05) is 42.5 Å². The van der Waals surface area contributed by atoms with Crippen LogP contribution in [0.3, 0.4) is 0 Å². The van der Waals surface area contributed by atoms with Crippen molar-refractivity contribution < 1.29 is 9.59 Å². The Morgan fingerprint density at radius 2 is 1.57 bits per heavy atom. The number of nitrogens with one attached hydrogen (secondary N) is 1. The second kappa shape index (κ2) is 13.5. The smallest absolute Gasteiger partial charge is 0.243 e. The van der Waals surface area contributed by atoms with E-state index < -0.39 is 6.04 Å². The van der Waals surface area contributed by atoms with E-state index in [0.717, 1.165) is 24.0 Å². The molecule has 184 valence electrons. The lowest BCUT2D eigenvalue weighted by Gasteiger charge is -2.32. The van der Waals surface area contributed by atoms with Crippen molar-refractivity contribution in [2.75, 3.05) is 6.54 Å². The summed E-state index contributed by atoms with van der Waals surface area (Å²) in [5.41, 5.74) is 2.51. The lowest BCUT2D eigenvalue weighted by Crippen LogP contribution is -2.51. The Kier molecular flexibility index (Phi) is 10.5. The standard InChI is InChI=1S/C28H29Cl3N2O2/c1-2-3-15-32-28(35)26(16-20-7-5-4-6-8-20)33(19-21-9-12-23(29)13-10-21)27(34)17-22-11-14-24(30)18-25(22)31/h4-14,18,26H,2-3,15-17,19H2,1H3,(H,32,35). The van der Waals surface area contributed by atoms with Crippen LogP contribution in [0.15, 0.2) is 72.8 Å². The van der Waals surface area contributed by atoms with Crippen molar-refractivity contribution in [2.24, 2.45) is 0 Å². The average molecular weight is 532 g/mol. The fraction of sp³-hybridized carbons (Fsp3) is 0.286. The summed E-state index contributed by atoms with van der Waals surface area (Å²) in [6.45, 7) is 2.90. The molecule has 3 aromatic carbocycles. The fourth-order valence-electron chi connectivity index (χ4n) is 3.78. The van der Waals surface area contributed by atoms with E-state index in [4.69, 9.17) is 34.8 Å². The molecule has 0 spiro atoms. The van der Waals surface area contributed by atoms with E-state index in [1.54, 1.807) is 35.2 Å². The molecule has 1 unspecified atom stereocenters. The van der Waals surface area contributed by atoms with E-state index in [0.29, 0.717) is 33.6 Å². The number of amides is 2. The van der Waals surface area contributed by atoms with Crippen molar-refractivity contribution in [3.8, 4) is 0 Å². The van der Waals surface area contributed by atoms with E-state index in [-0.39, 0.29) is 24.8 Å². The van der Waals surface area contributed by atoms with E-state index in [9.17, 15) is 9.59 Å². The van der Waals surface area contributed by atoms with Gasteiger partial charge in [-0.15, -0.1) is 0 Å². The zero-order valence-corrected chi connectivity index (χ0v) is 21.9. The Hall–Kier alpha value is -2.53. The summed E-state index contributed by atoms with van der Waals surface area (Å²) in [7, 11) is 0. The molecule has 3 aromatic rings. The lowest BCUT2D eigenvalue weighted by atomic mass is 10.0. The highest BCUT2D eigenvalue weighted by Crippen LogP contribution is 2.23. The first-order valence-electron chi connectivity index (χ1n) is 11.7. The van der Waals surface area contributed by atoms with Gasteiger partial charge in [-0.2, -0.15) is 0 Å². The van der Waals surface area contributed by atoms with Gasteiger partial charge in [0.05, 0.1) is 6.42 Å². The first-order valence-corrected chi connectivity index (χ1v) is 12.8. The zero-order valence-electron chi connectivity index (χ0n) is 19.6. The second-order valence-corrected chi connectivity index (χ2v) is 9.69. The van der Waals surface area contributed by atoms with Gasteiger partial charge in [0.25, 0.3) is 0 Å². The third kappa shape index (κ3) is 8.28. The third-order valence-electron chi connectivity index (χ3n) is 5.72. The van der Waals surface area contributed by atoms with Crippen LogP contribution in [0.25, 0.3) is 0 Å². The molecule has 1 atom stereocenters. The summed E-state index contributed by atoms with van der Waals surface area (Å²) in [5, 5.41) is 4.55. The van der Waals surface area contributed by atoms with Gasteiger partial charge in [0, 0.05) is 34.6 Å². The highest BCUT2D eigenvalue weighted by Gasteiger charge is 2.30. The van der Waals surface area contributed by atoms with Gasteiger partial charge in [-0.3, -0.25) is 9.59 Å². The van der Waals surface area contributed by atoms with E-state index >= 15 is 0 Å². The second-order valence-electron chi connectivity index (χ2n) is 8.41. The molecule has 0 aliphatic heterocycles. The largest absolute Gasteiger partial charge is 0.354 e. The maximum atomic E-state index is 13.7. The number of carbonyl (C=O) groups excluding carboxylic acids is 2. The summed E-state index contributed by atoms with van der Waals surface area (Å²) in [6, 6.07) is 21.4. The summed E-state index contributed by atoms with van der Waals surface area (Å²) < 4.78 is 0. The van der Waals surface area contributed by atoms with Crippen LogP contribution in [0.5, 0.6) is 0 Å². The molecule has 2 amide bonds. The molecule has 0 fully saturated rings. The number of unbranched alkanes of at least 4 members (excludes halogenated alkanes) is 1. The molecule has 3 rings (SSSR count). The summed E-state index contributed by atoms with van der Waals surface area (Å²) >= 11 is 18.5. The van der Waals surface area contributed by atoms with Crippen LogP contribution in [0, 0.1) is 0 Å². The zero-order chi connectivity index (χ0) is 25.2. The SMILES string of the molecule is CCCCNC(=O)C(Cc1ccccc1)N(Cc1ccc(Cl)cc1)C(=O)Cc1ccc(Cl)cc1Cl. The van der Waals surface area contributed by atoms with Gasteiger partial charge in [-0.1, -0.05) is 96.7 Å². The number of rotatable bonds is 11. The molecule has 0 radical (unpaired) electrons. The minimum Gasteiger partial charge on any atom is -0.354 e. The van der Waals surface area contributed by atoms with Crippen LogP contribution >= 0.6 is 34.8 Å². The van der Waals surface area contributed by atoms with Crippen molar-refractivity contribution in [1.82, 2.24) is 10.2 Å². The van der Waals surface area contributed by atoms with Crippen LogP contribution < -0.4 is 5.32 Å². The molecule has 1 N–H and O–H groups in total. The molecule has 0 aliphatic carbocycles. The fourth-order valence-corrected chi connectivity index (χ4v) is 4.38. The molecule has 0 saturated heterocycles. The minimum atomic E-state index is -0.691. The van der Waals surface area contributed by atoms with Gasteiger partial charge >= 0.3 is 0 Å². The van der Waals surface area contributed by atoms with E-state index in [2.05, 4.69) is 12.2 Å². The van der Waals surface area contributed by atoms with Gasteiger partial charge in [0.2, 0.25) is 11.8 Å². The maximum absolute atomic E-state index is 13.7. The highest BCUT2D eigenvalue weighted by molar-refractivity contribution is 6.35. The molecular weight excluding hydrogens is 503 g/mol. The first-order chi connectivity index (χ1) is 16.9.